The van der Waals surface area contributed by atoms with Crippen molar-refractivity contribution in [1.82, 2.24) is 10.2 Å². The summed E-state index contributed by atoms with van der Waals surface area (Å²) < 4.78 is 0.967. The zero-order valence-electron chi connectivity index (χ0n) is 9.95. The third kappa shape index (κ3) is 3.50. The summed E-state index contributed by atoms with van der Waals surface area (Å²) in [5, 5.41) is 3.91. The molecule has 100 valence electrons. The molecule has 1 N–H and O–H groups in total. The van der Waals surface area contributed by atoms with Crippen molar-refractivity contribution in [2.45, 2.75) is 13.0 Å². The molecule has 1 saturated heterocycles. The van der Waals surface area contributed by atoms with Crippen molar-refractivity contribution in [2.24, 2.45) is 0 Å². The van der Waals surface area contributed by atoms with Crippen LogP contribution in [0.25, 0.3) is 0 Å². The summed E-state index contributed by atoms with van der Waals surface area (Å²) in [5.41, 5.74) is 0.671. The molecule has 0 unspecified atom stereocenters. The van der Waals surface area contributed by atoms with Gasteiger partial charge < -0.3 is 10.2 Å². The highest BCUT2D eigenvalue weighted by Crippen LogP contribution is 2.21. The Bertz CT molecular complexity index is 442. The number of halogens is 3. The standard InChI is InChI=1S/C12H14ClIN2O.ClH/c1-8-7-15-4-5-16(8)12(17)9-2-3-11(14)10(13)6-9;/h2-3,6,8,15H,4-5,7H2,1H3;1H/t8-;/m0./s1. The predicted molar refractivity (Wildman–Crippen MR) is 84.8 cm³/mol. The highest BCUT2D eigenvalue weighted by atomic mass is 127. The lowest BCUT2D eigenvalue weighted by atomic mass is 10.1. The van der Waals surface area contributed by atoms with Gasteiger partial charge in [0.1, 0.15) is 0 Å². The van der Waals surface area contributed by atoms with Crippen LogP contribution in [0, 0.1) is 3.57 Å². The highest BCUT2D eigenvalue weighted by molar-refractivity contribution is 14.1. The minimum atomic E-state index is 0. The maximum Gasteiger partial charge on any atom is 0.254 e. The smallest absolute Gasteiger partial charge is 0.254 e. The van der Waals surface area contributed by atoms with E-state index in [9.17, 15) is 4.79 Å². The summed E-state index contributed by atoms with van der Waals surface area (Å²) >= 11 is 8.20. The van der Waals surface area contributed by atoms with Gasteiger partial charge in [0.05, 0.1) is 5.02 Å². The quantitative estimate of drug-likeness (QED) is 0.735. The lowest BCUT2D eigenvalue weighted by Crippen LogP contribution is -2.52. The number of hydrogen-bond acceptors (Lipinski definition) is 2. The van der Waals surface area contributed by atoms with Crippen molar-refractivity contribution in [1.29, 1.82) is 0 Å². The van der Waals surface area contributed by atoms with Gasteiger partial charge in [0.2, 0.25) is 0 Å². The summed E-state index contributed by atoms with van der Waals surface area (Å²) in [5.74, 6) is 0.0669. The van der Waals surface area contributed by atoms with Crippen molar-refractivity contribution in [3.05, 3.63) is 32.4 Å². The Hall–Kier alpha value is -0.0400. The first-order valence-corrected chi connectivity index (χ1v) is 7.02. The molecule has 1 fully saturated rings. The molecule has 6 heteroatoms. The van der Waals surface area contributed by atoms with Crippen molar-refractivity contribution < 1.29 is 4.79 Å². The molecule has 1 heterocycles. The normalized spacial score (nSPS) is 19.3. The van der Waals surface area contributed by atoms with Crippen LogP contribution in [0.1, 0.15) is 17.3 Å². The third-order valence-corrected chi connectivity index (χ3v) is 4.50. The maximum atomic E-state index is 12.3. The second kappa shape index (κ2) is 6.93. The number of carbonyl (C=O) groups excluding carboxylic acids is 1. The van der Waals surface area contributed by atoms with E-state index >= 15 is 0 Å². The van der Waals surface area contributed by atoms with Crippen LogP contribution in [0.5, 0.6) is 0 Å². The van der Waals surface area contributed by atoms with E-state index in [1.165, 1.54) is 0 Å². The molecule has 18 heavy (non-hydrogen) atoms. The lowest BCUT2D eigenvalue weighted by Gasteiger charge is -2.34. The molecule has 1 aliphatic heterocycles. The zero-order valence-corrected chi connectivity index (χ0v) is 13.7. The second-order valence-corrected chi connectivity index (χ2v) is 5.75. The van der Waals surface area contributed by atoms with Gasteiger partial charge >= 0.3 is 0 Å². The molecule has 0 bridgehead atoms. The van der Waals surface area contributed by atoms with Crippen LogP contribution in [0.4, 0.5) is 0 Å². The van der Waals surface area contributed by atoms with Crippen LogP contribution < -0.4 is 5.32 Å². The molecule has 2 rings (SSSR count). The monoisotopic (exact) mass is 400 g/mol. The third-order valence-electron chi connectivity index (χ3n) is 2.93. The van der Waals surface area contributed by atoms with E-state index < -0.39 is 0 Å². The fourth-order valence-electron chi connectivity index (χ4n) is 1.94. The first-order valence-electron chi connectivity index (χ1n) is 5.56. The number of nitrogens with zero attached hydrogens (tertiary/aromatic N) is 1. The SMILES string of the molecule is C[C@H]1CNCCN1C(=O)c1ccc(I)c(Cl)c1.Cl. The Balaban J connectivity index is 0.00000162. The Morgan fingerprint density at radius 1 is 1.56 bits per heavy atom. The fourth-order valence-corrected chi connectivity index (χ4v) is 2.45. The van der Waals surface area contributed by atoms with E-state index in [-0.39, 0.29) is 24.4 Å². The number of piperazine rings is 1. The molecule has 0 saturated carbocycles. The number of carbonyl (C=O) groups is 1. The van der Waals surface area contributed by atoms with Gasteiger partial charge in [-0.1, -0.05) is 11.6 Å². The highest BCUT2D eigenvalue weighted by Gasteiger charge is 2.24. The molecule has 0 radical (unpaired) electrons. The van der Waals surface area contributed by atoms with E-state index in [0.717, 1.165) is 23.2 Å². The molecule has 0 spiro atoms. The first-order chi connectivity index (χ1) is 8.09. The van der Waals surface area contributed by atoms with E-state index in [1.54, 1.807) is 6.07 Å². The van der Waals surface area contributed by atoms with Crippen LogP contribution in [0.3, 0.4) is 0 Å². The minimum absolute atomic E-state index is 0. The molecule has 1 aromatic carbocycles. The van der Waals surface area contributed by atoms with Crippen LogP contribution in [0.15, 0.2) is 18.2 Å². The van der Waals surface area contributed by atoms with Gasteiger partial charge in [0, 0.05) is 34.8 Å². The largest absolute Gasteiger partial charge is 0.333 e. The van der Waals surface area contributed by atoms with Gasteiger partial charge in [0.25, 0.3) is 5.91 Å². The van der Waals surface area contributed by atoms with Gasteiger partial charge in [-0.15, -0.1) is 12.4 Å². The molecule has 1 aromatic rings. The predicted octanol–water partition coefficient (Wildman–Crippen LogP) is 2.80. The van der Waals surface area contributed by atoms with Gasteiger partial charge in [-0.05, 0) is 47.7 Å². The van der Waals surface area contributed by atoms with E-state index in [0.29, 0.717) is 10.6 Å². The topological polar surface area (TPSA) is 32.3 Å². The summed E-state index contributed by atoms with van der Waals surface area (Å²) in [4.78, 5) is 14.2. The van der Waals surface area contributed by atoms with Crippen LogP contribution in [-0.2, 0) is 0 Å². The Morgan fingerprint density at radius 2 is 2.28 bits per heavy atom. The molecule has 0 aliphatic carbocycles. The second-order valence-electron chi connectivity index (χ2n) is 4.18. The number of nitrogens with one attached hydrogen (secondary N) is 1. The number of benzene rings is 1. The fraction of sp³-hybridized carbons (Fsp3) is 0.417. The van der Waals surface area contributed by atoms with Crippen LogP contribution in [-0.4, -0.2) is 36.5 Å². The molecule has 1 amide bonds. The van der Waals surface area contributed by atoms with Gasteiger partial charge in [-0.2, -0.15) is 0 Å². The van der Waals surface area contributed by atoms with Crippen molar-refractivity contribution in [2.75, 3.05) is 19.6 Å². The maximum absolute atomic E-state index is 12.3. The van der Waals surface area contributed by atoms with Crippen LogP contribution >= 0.6 is 46.6 Å². The first kappa shape index (κ1) is 16.0. The molecule has 0 aromatic heterocycles. The number of hydrogen-bond donors (Lipinski definition) is 1. The average molecular weight is 401 g/mol. The Kier molecular flexibility index (Phi) is 6.17. The van der Waals surface area contributed by atoms with Crippen LogP contribution in [0.2, 0.25) is 5.02 Å². The van der Waals surface area contributed by atoms with Gasteiger partial charge in [-0.3, -0.25) is 4.79 Å². The van der Waals surface area contributed by atoms with Crippen molar-refractivity contribution in [3.8, 4) is 0 Å². The molecule has 3 nitrogen and oxygen atoms in total. The molecular formula is C12H15Cl2IN2O. The van der Waals surface area contributed by atoms with Crippen molar-refractivity contribution >= 4 is 52.5 Å². The van der Waals surface area contributed by atoms with E-state index in [4.69, 9.17) is 11.6 Å². The summed E-state index contributed by atoms with van der Waals surface area (Å²) in [6.07, 6.45) is 0. The zero-order chi connectivity index (χ0) is 12.4. The number of amides is 1. The Morgan fingerprint density at radius 3 is 2.89 bits per heavy atom. The van der Waals surface area contributed by atoms with Crippen molar-refractivity contribution in [3.63, 3.8) is 0 Å². The van der Waals surface area contributed by atoms with Gasteiger partial charge in [0.15, 0.2) is 0 Å². The number of rotatable bonds is 1. The van der Waals surface area contributed by atoms with Gasteiger partial charge in [-0.25, -0.2) is 0 Å². The summed E-state index contributed by atoms with van der Waals surface area (Å²) in [6.45, 7) is 4.51. The Labute approximate surface area is 132 Å². The minimum Gasteiger partial charge on any atom is -0.333 e. The molecule has 1 aliphatic rings. The molecule has 1 atom stereocenters. The van der Waals surface area contributed by atoms with E-state index in [1.807, 2.05) is 17.0 Å². The lowest BCUT2D eigenvalue weighted by molar-refractivity contribution is 0.0656. The summed E-state index contributed by atoms with van der Waals surface area (Å²) in [6, 6.07) is 5.70. The van der Waals surface area contributed by atoms with E-state index in [2.05, 4.69) is 34.8 Å². The molecular weight excluding hydrogens is 386 g/mol. The average Bonchev–Trinajstić information content (AvgIpc) is 2.32. The summed E-state index contributed by atoms with van der Waals surface area (Å²) in [7, 11) is 0.